The van der Waals surface area contributed by atoms with Crippen molar-refractivity contribution in [3.05, 3.63) is 65.7 Å². The molecular formula is C26H36N2O3. The van der Waals surface area contributed by atoms with Crippen molar-refractivity contribution in [3.8, 4) is 5.75 Å². The molecule has 5 nitrogen and oxygen atoms in total. The van der Waals surface area contributed by atoms with Gasteiger partial charge in [-0.2, -0.15) is 0 Å². The minimum absolute atomic E-state index is 0.107. The van der Waals surface area contributed by atoms with E-state index < -0.39 is 6.04 Å². The molecule has 0 saturated carbocycles. The van der Waals surface area contributed by atoms with Gasteiger partial charge in [-0.15, -0.1) is 0 Å². The number of benzene rings is 2. The van der Waals surface area contributed by atoms with Gasteiger partial charge in [0, 0.05) is 13.1 Å². The second-order valence-corrected chi connectivity index (χ2v) is 8.55. The van der Waals surface area contributed by atoms with Crippen LogP contribution in [0.2, 0.25) is 0 Å². The lowest BCUT2D eigenvalue weighted by molar-refractivity contribution is -0.143. The Bertz CT molecular complexity index is 834. The zero-order valence-electron chi connectivity index (χ0n) is 19.4. The number of hydrogen-bond donors (Lipinski definition) is 1. The van der Waals surface area contributed by atoms with Crippen molar-refractivity contribution in [1.29, 1.82) is 0 Å². The van der Waals surface area contributed by atoms with Crippen LogP contribution >= 0.6 is 0 Å². The van der Waals surface area contributed by atoms with E-state index in [-0.39, 0.29) is 24.3 Å². The fourth-order valence-corrected chi connectivity index (χ4v) is 3.43. The highest BCUT2D eigenvalue weighted by Gasteiger charge is 2.29. The Balaban J connectivity index is 2.20. The molecule has 0 bridgehead atoms. The third-order valence-corrected chi connectivity index (χ3v) is 5.16. The van der Waals surface area contributed by atoms with E-state index in [1.165, 1.54) is 0 Å². The summed E-state index contributed by atoms with van der Waals surface area (Å²) in [6.45, 7) is 11.1. The molecule has 0 aliphatic carbocycles. The quantitative estimate of drug-likeness (QED) is 0.565. The second kappa shape index (κ2) is 12.1. The zero-order valence-corrected chi connectivity index (χ0v) is 19.4. The van der Waals surface area contributed by atoms with Crippen LogP contribution in [0.5, 0.6) is 5.75 Å². The molecule has 2 amide bonds. The van der Waals surface area contributed by atoms with E-state index in [9.17, 15) is 9.59 Å². The first-order valence-electron chi connectivity index (χ1n) is 11.2. The monoisotopic (exact) mass is 424 g/mol. The van der Waals surface area contributed by atoms with Gasteiger partial charge in [0.15, 0.2) is 6.61 Å². The number of nitrogens with one attached hydrogen (secondary N) is 1. The lowest BCUT2D eigenvalue weighted by atomic mass is 10.0. The molecule has 0 radical (unpaired) electrons. The van der Waals surface area contributed by atoms with Crippen LogP contribution in [0.1, 0.15) is 58.1 Å². The predicted octanol–water partition coefficient (Wildman–Crippen LogP) is 4.77. The number of rotatable bonds is 11. The maximum absolute atomic E-state index is 13.3. The SMILES string of the molecule is CCC(C(=O)NCC(C)C)N(Cc1ccccc1)C(=O)COc1ccccc1C(C)C. The molecule has 0 heterocycles. The maximum atomic E-state index is 13.3. The standard InChI is InChI=1S/C26H36N2O3/c1-6-23(26(30)27-16-19(2)3)28(17-21-12-8-7-9-13-21)25(29)18-31-24-15-11-10-14-22(24)20(4)5/h7-15,19-20,23H,6,16-18H2,1-5H3,(H,27,30). The average Bonchev–Trinajstić information content (AvgIpc) is 2.76. The highest BCUT2D eigenvalue weighted by molar-refractivity contribution is 5.88. The van der Waals surface area contributed by atoms with Gasteiger partial charge in [0.1, 0.15) is 11.8 Å². The molecule has 0 fully saturated rings. The Morgan fingerprint density at radius 3 is 2.23 bits per heavy atom. The van der Waals surface area contributed by atoms with Crippen LogP contribution in [-0.2, 0) is 16.1 Å². The van der Waals surface area contributed by atoms with Crippen molar-refractivity contribution in [2.45, 2.75) is 59.5 Å². The van der Waals surface area contributed by atoms with Gasteiger partial charge >= 0.3 is 0 Å². The lowest BCUT2D eigenvalue weighted by Crippen LogP contribution is -2.50. The van der Waals surface area contributed by atoms with Crippen molar-refractivity contribution in [1.82, 2.24) is 10.2 Å². The number of nitrogens with zero attached hydrogens (tertiary/aromatic N) is 1. The molecule has 0 aromatic heterocycles. The normalized spacial score (nSPS) is 12.0. The van der Waals surface area contributed by atoms with Crippen molar-refractivity contribution in [2.75, 3.05) is 13.2 Å². The molecule has 5 heteroatoms. The third-order valence-electron chi connectivity index (χ3n) is 5.16. The van der Waals surface area contributed by atoms with Crippen LogP contribution in [0.15, 0.2) is 54.6 Å². The van der Waals surface area contributed by atoms with Gasteiger partial charge in [-0.05, 0) is 35.4 Å². The molecule has 0 aliphatic rings. The van der Waals surface area contributed by atoms with E-state index in [2.05, 4.69) is 19.2 Å². The van der Waals surface area contributed by atoms with Gasteiger partial charge in [-0.1, -0.05) is 83.1 Å². The first-order chi connectivity index (χ1) is 14.8. The van der Waals surface area contributed by atoms with Gasteiger partial charge in [0.25, 0.3) is 5.91 Å². The number of carbonyl (C=O) groups is 2. The van der Waals surface area contributed by atoms with Crippen LogP contribution in [0.25, 0.3) is 0 Å². The third kappa shape index (κ3) is 7.42. The van der Waals surface area contributed by atoms with E-state index in [4.69, 9.17) is 4.74 Å². The van der Waals surface area contributed by atoms with Crippen LogP contribution in [-0.4, -0.2) is 35.9 Å². The number of hydrogen-bond acceptors (Lipinski definition) is 3. The van der Waals surface area contributed by atoms with E-state index in [1.54, 1.807) is 4.90 Å². The highest BCUT2D eigenvalue weighted by Crippen LogP contribution is 2.26. The average molecular weight is 425 g/mol. The summed E-state index contributed by atoms with van der Waals surface area (Å²) in [6, 6.07) is 17.0. The van der Waals surface area contributed by atoms with Gasteiger partial charge in [-0.25, -0.2) is 0 Å². The van der Waals surface area contributed by atoms with Gasteiger partial charge in [-0.3, -0.25) is 9.59 Å². The van der Waals surface area contributed by atoms with Crippen LogP contribution in [0.4, 0.5) is 0 Å². The second-order valence-electron chi connectivity index (χ2n) is 8.55. The molecule has 1 unspecified atom stereocenters. The molecule has 0 aliphatic heterocycles. The highest BCUT2D eigenvalue weighted by atomic mass is 16.5. The molecule has 168 valence electrons. The smallest absolute Gasteiger partial charge is 0.261 e. The Kier molecular flexibility index (Phi) is 9.57. The Hall–Kier alpha value is -2.82. The summed E-state index contributed by atoms with van der Waals surface area (Å²) in [5.74, 6) is 1.02. The predicted molar refractivity (Wildman–Crippen MR) is 125 cm³/mol. The summed E-state index contributed by atoms with van der Waals surface area (Å²) in [6.07, 6.45) is 0.533. The summed E-state index contributed by atoms with van der Waals surface area (Å²) >= 11 is 0. The van der Waals surface area contributed by atoms with Gasteiger partial charge < -0.3 is 15.0 Å². The van der Waals surface area contributed by atoms with E-state index in [0.717, 1.165) is 11.1 Å². The van der Waals surface area contributed by atoms with Crippen molar-refractivity contribution in [2.24, 2.45) is 5.92 Å². The molecule has 2 aromatic carbocycles. The van der Waals surface area contributed by atoms with Crippen LogP contribution in [0, 0.1) is 5.92 Å². The fourth-order valence-electron chi connectivity index (χ4n) is 3.43. The summed E-state index contributed by atoms with van der Waals surface area (Å²) in [5.41, 5.74) is 2.04. The fraction of sp³-hybridized carbons (Fsp3) is 0.462. The van der Waals surface area contributed by atoms with E-state index in [1.807, 2.05) is 75.4 Å². The molecule has 0 spiro atoms. The van der Waals surface area contributed by atoms with Crippen LogP contribution in [0.3, 0.4) is 0 Å². The minimum atomic E-state index is -0.546. The summed E-state index contributed by atoms with van der Waals surface area (Å²) in [4.78, 5) is 27.8. The van der Waals surface area contributed by atoms with Gasteiger partial charge in [0.2, 0.25) is 5.91 Å². The molecule has 1 N–H and O–H groups in total. The Labute approximate surface area is 186 Å². The molecule has 31 heavy (non-hydrogen) atoms. The summed E-state index contributed by atoms with van der Waals surface area (Å²) < 4.78 is 5.93. The van der Waals surface area contributed by atoms with E-state index in [0.29, 0.717) is 31.2 Å². The Morgan fingerprint density at radius 1 is 0.968 bits per heavy atom. The summed E-state index contributed by atoms with van der Waals surface area (Å²) in [5, 5.41) is 2.98. The number of amides is 2. The number of ether oxygens (including phenoxy) is 1. The zero-order chi connectivity index (χ0) is 22.8. The summed E-state index contributed by atoms with van der Waals surface area (Å²) in [7, 11) is 0. The van der Waals surface area contributed by atoms with E-state index >= 15 is 0 Å². The topological polar surface area (TPSA) is 58.6 Å². The van der Waals surface area contributed by atoms with Gasteiger partial charge in [0.05, 0.1) is 0 Å². The number of carbonyl (C=O) groups excluding carboxylic acids is 2. The molecular weight excluding hydrogens is 388 g/mol. The minimum Gasteiger partial charge on any atom is -0.483 e. The maximum Gasteiger partial charge on any atom is 0.261 e. The Morgan fingerprint density at radius 2 is 1.61 bits per heavy atom. The van der Waals surface area contributed by atoms with Crippen molar-refractivity contribution < 1.29 is 14.3 Å². The first-order valence-corrected chi connectivity index (χ1v) is 11.2. The molecule has 2 aromatic rings. The van der Waals surface area contributed by atoms with Crippen LogP contribution < -0.4 is 10.1 Å². The lowest BCUT2D eigenvalue weighted by Gasteiger charge is -2.31. The first kappa shape index (κ1) is 24.4. The van der Waals surface area contributed by atoms with Crippen molar-refractivity contribution in [3.63, 3.8) is 0 Å². The van der Waals surface area contributed by atoms with Crippen molar-refractivity contribution >= 4 is 11.8 Å². The molecule has 1 atom stereocenters. The molecule has 2 rings (SSSR count). The largest absolute Gasteiger partial charge is 0.483 e. The number of para-hydroxylation sites is 1. The molecule has 0 saturated heterocycles.